The molecule has 3 nitrogen and oxygen atoms in total. The normalized spacial score (nSPS) is 18.2. The zero-order valence-electron chi connectivity index (χ0n) is 7.03. The molecule has 1 aliphatic carbocycles. The van der Waals surface area contributed by atoms with Gasteiger partial charge in [-0.3, -0.25) is 0 Å². The Hall–Kier alpha value is -0.960. The number of hydrogen-bond acceptors (Lipinski definition) is 3. The van der Waals surface area contributed by atoms with E-state index >= 15 is 0 Å². The molecule has 13 heavy (non-hydrogen) atoms. The molecule has 0 unspecified atom stereocenters. The highest BCUT2D eigenvalue weighted by Crippen LogP contribution is 2.45. The quantitative estimate of drug-likeness (QED) is 0.546. The van der Waals surface area contributed by atoms with Gasteiger partial charge in [0.1, 0.15) is 6.29 Å². The number of carbonyl (C=O) groups excluding carboxylic acids is 1. The second-order valence-corrected chi connectivity index (χ2v) is 3.81. The average Bonchev–Trinajstić information content (AvgIpc) is 2.86. The third-order valence-corrected chi connectivity index (χ3v) is 2.54. The maximum absolute atomic E-state index is 10.7. The zero-order chi connectivity index (χ0) is 9.31. The fourth-order valence-corrected chi connectivity index (χ4v) is 1.49. The van der Waals surface area contributed by atoms with Crippen molar-refractivity contribution in [3.05, 3.63) is 23.2 Å². The van der Waals surface area contributed by atoms with Crippen LogP contribution < -0.4 is 0 Å². The summed E-state index contributed by atoms with van der Waals surface area (Å²) in [5.41, 5.74) is 0.710. The van der Waals surface area contributed by atoms with E-state index in [-0.39, 0.29) is 10.7 Å². The lowest BCUT2D eigenvalue weighted by atomic mass is 10.0. The number of aldehydes is 1. The van der Waals surface area contributed by atoms with Gasteiger partial charge in [0.2, 0.25) is 5.28 Å². The van der Waals surface area contributed by atoms with E-state index in [0.717, 1.165) is 24.8 Å². The van der Waals surface area contributed by atoms with Gasteiger partial charge in [-0.1, -0.05) is 0 Å². The monoisotopic (exact) mass is 196 g/mol. The van der Waals surface area contributed by atoms with E-state index in [1.165, 1.54) is 0 Å². The molecule has 0 saturated heterocycles. The Balaban J connectivity index is 2.14. The summed E-state index contributed by atoms with van der Waals surface area (Å²) in [5.74, 6) is 0. The first-order chi connectivity index (χ1) is 6.24. The fourth-order valence-electron chi connectivity index (χ4n) is 1.33. The minimum Gasteiger partial charge on any atom is -0.303 e. The number of hydrogen-bond donors (Lipinski definition) is 0. The minimum absolute atomic E-state index is 0.141. The lowest BCUT2D eigenvalue weighted by Crippen LogP contribution is -2.07. The Bertz CT molecular complexity index is 336. The topological polar surface area (TPSA) is 42.9 Å². The summed E-state index contributed by atoms with van der Waals surface area (Å²) in [6, 6.07) is 1.80. The van der Waals surface area contributed by atoms with Crippen LogP contribution >= 0.6 is 11.6 Å². The van der Waals surface area contributed by atoms with Crippen LogP contribution in [0.4, 0.5) is 0 Å². The Morgan fingerprint density at radius 2 is 2.38 bits per heavy atom. The molecule has 1 heterocycles. The number of carbonyl (C=O) groups is 1. The van der Waals surface area contributed by atoms with Crippen molar-refractivity contribution in [2.24, 2.45) is 5.41 Å². The van der Waals surface area contributed by atoms with Crippen LogP contribution in [0.5, 0.6) is 0 Å². The van der Waals surface area contributed by atoms with Crippen LogP contribution in [0.3, 0.4) is 0 Å². The Morgan fingerprint density at radius 3 is 2.92 bits per heavy atom. The van der Waals surface area contributed by atoms with Crippen molar-refractivity contribution in [1.29, 1.82) is 0 Å². The molecule has 4 heteroatoms. The van der Waals surface area contributed by atoms with Crippen molar-refractivity contribution in [3.8, 4) is 0 Å². The molecular weight excluding hydrogens is 188 g/mol. The van der Waals surface area contributed by atoms with Gasteiger partial charge >= 0.3 is 0 Å². The first-order valence-electron chi connectivity index (χ1n) is 4.18. The molecule has 0 radical (unpaired) electrons. The number of aromatic nitrogens is 2. The second-order valence-electron chi connectivity index (χ2n) is 3.47. The highest BCUT2D eigenvalue weighted by Gasteiger charge is 2.42. The largest absolute Gasteiger partial charge is 0.303 e. The van der Waals surface area contributed by atoms with E-state index in [4.69, 9.17) is 11.6 Å². The van der Waals surface area contributed by atoms with Crippen molar-refractivity contribution in [2.45, 2.75) is 19.3 Å². The van der Waals surface area contributed by atoms with E-state index in [1.54, 1.807) is 12.3 Å². The van der Waals surface area contributed by atoms with Crippen molar-refractivity contribution < 1.29 is 4.79 Å². The fraction of sp³-hybridized carbons (Fsp3) is 0.444. The Morgan fingerprint density at radius 1 is 1.62 bits per heavy atom. The molecule has 2 rings (SSSR count). The van der Waals surface area contributed by atoms with E-state index in [0.29, 0.717) is 6.42 Å². The highest BCUT2D eigenvalue weighted by molar-refractivity contribution is 6.28. The average molecular weight is 197 g/mol. The molecule has 0 aromatic carbocycles. The van der Waals surface area contributed by atoms with Gasteiger partial charge < -0.3 is 4.79 Å². The molecule has 1 aromatic rings. The highest BCUT2D eigenvalue weighted by atomic mass is 35.5. The lowest BCUT2D eigenvalue weighted by molar-refractivity contribution is -0.112. The summed E-state index contributed by atoms with van der Waals surface area (Å²) in [6.45, 7) is 0. The maximum Gasteiger partial charge on any atom is 0.222 e. The predicted octanol–water partition coefficient (Wildman–Crippen LogP) is 1.65. The zero-order valence-corrected chi connectivity index (χ0v) is 7.79. The molecule has 0 N–H and O–H groups in total. The Kier molecular flexibility index (Phi) is 2.04. The third-order valence-electron chi connectivity index (χ3n) is 2.36. The van der Waals surface area contributed by atoms with E-state index < -0.39 is 0 Å². The van der Waals surface area contributed by atoms with Crippen molar-refractivity contribution >= 4 is 17.9 Å². The Labute approximate surface area is 81.2 Å². The predicted molar refractivity (Wildman–Crippen MR) is 48.5 cm³/mol. The summed E-state index contributed by atoms with van der Waals surface area (Å²) >= 11 is 5.63. The van der Waals surface area contributed by atoms with Gasteiger partial charge in [-0.2, -0.15) is 0 Å². The SMILES string of the molecule is O=CC1(Cc2ccnc(Cl)n2)CC1. The summed E-state index contributed by atoms with van der Waals surface area (Å²) < 4.78 is 0. The van der Waals surface area contributed by atoms with Crippen LogP contribution in [-0.4, -0.2) is 16.3 Å². The van der Waals surface area contributed by atoms with Crippen LogP contribution in [0, 0.1) is 5.41 Å². The van der Waals surface area contributed by atoms with E-state index in [9.17, 15) is 4.79 Å². The third kappa shape index (κ3) is 1.86. The van der Waals surface area contributed by atoms with Gasteiger partial charge in [0.25, 0.3) is 0 Å². The van der Waals surface area contributed by atoms with Crippen LogP contribution in [0.1, 0.15) is 18.5 Å². The summed E-state index contributed by atoms with van der Waals surface area (Å²) in [6.07, 6.45) is 5.28. The van der Waals surface area contributed by atoms with E-state index in [2.05, 4.69) is 9.97 Å². The van der Waals surface area contributed by atoms with Gasteiger partial charge in [-0.05, 0) is 30.5 Å². The summed E-state index contributed by atoms with van der Waals surface area (Å²) in [4.78, 5) is 18.5. The number of halogens is 1. The molecule has 1 fully saturated rings. The molecule has 0 amide bonds. The van der Waals surface area contributed by atoms with Crippen LogP contribution in [0.2, 0.25) is 5.28 Å². The first kappa shape index (κ1) is 8.63. The van der Waals surface area contributed by atoms with Crippen molar-refractivity contribution in [3.63, 3.8) is 0 Å². The van der Waals surface area contributed by atoms with Gasteiger partial charge in [0, 0.05) is 23.7 Å². The van der Waals surface area contributed by atoms with Crippen molar-refractivity contribution in [1.82, 2.24) is 9.97 Å². The van der Waals surface area contributed by atoms with Gasteiger partial charge in [-0.25, -0.2) is 9.97 Å². The summed E-state index contributed by atoms with van der Waals surface area (Å²) in [5, 5.41) is 0.249. The van der Waals surface area contributed by atoms with Crippen molar-refractivity contribution in [2.75, 3.05) is 0 Å². The van der Waals surface area contributed by atoms with Gasteiger partial charge in [0.05, 0.1) is 0 Å². The smallest absolute Gasteiger partial charge is 0.222 e. The van der Waals surface area contributed by atoms with Crippen LogP contribution in [-0.2, 0) is 11.2 Å². The molecule has 1 aliphatic rings. The molecule has 0 bridgehead atoms. The van der Waals surface area contributed by atoms with Crippen LogP contribution in [0.25, 0.3) is 0 Å². The first-order valence-corrected chi connectivity index (χ1v) is 4.56. The van der Waals surface area contributed by atoms with Crippen LogP contribution in [0.15, 0.2) is 12.3 Å². The lowest BCUT2D eigenvalue weighted by Gasteiger charge is -2.04. The number of rotatable bonds is 3. The summed E-state index contributed by atoms with van der Waals surface area (Å²) in [7, 11) is 0. The van der Waals surface area contributed by atoms with Gasteiger partial charge in [0.15, 0.2) is 0 Å². The van der Waals surface area contributed by atoms with E-state index in [1.807, 2.05) is 0 Å². The maximum atomic E-state index is 10.7. The second kappa shape index (κ2) is 3.07. The molecule has 0 aliphatic heterocycles. The number of nitrogens with zero attached hydrogens (tertiary/aromatic N) is 2. The molecule has 68 valence electrons. The molecule has 1 aromatic heterocycles. The standard InChI is InChI=1S/C9H9ClN2O/c10-8-11-4-1-7(12-8)5-9(6-13)2-3-9/h1,4,6H,2-3,5H2. The molecular formula is C9H9ClN2O. The minimum atomic E-state index is -0.141. The molecule has 0 spiro atoms. The molecule has 0 atom stereocenters. The molecule has 1 saturated carbocycles. The van der Waals surface area contributed by atoms with Gasteiger partial charge in [-0.15, -0.1) is 0 Å².